The van der Waals surface area contributed by atoms with E-state index >= 15 is 0 Å². The van der Waals surface area contributed by atoms with Crippen LogP contribution in [0, 0.1) is 6.92 Å². The molecule has 0 unspecified atom stereocenters. The van der Waals surface area contributed by atoms with Crippen LogP contribution in [0.4, 0.5) is 5.69 Å². The number of benzene rings is 1. The molecule has 0 aliphatic carbocycles. The van der Waals surface area contributed by atoms with E-state index < -0.39 is 0 Å². The van der Waals surface area contributed by atoms with Crippen LogP contribution >= 0.6 is 22.7 Å². The van der Waals surface area contributed by atoms with Gasteiger partial charge in [-0.1, -0.05) is 5.16 Å². The number of hydrogen-bond donors (Lipinski definition) is 1. The molecule has 4 rings (SSSR count). The SMILES string of the molecule is Cc1noc(-c2sccc2NC(=O)c2ccc3ncsc3c2)n1. The molecule has 0 bridgehead atoms. The van der Waals surface area contributed by atoms with E-state index in [4.69, 9.17) is 4.52 Å². The van der Waals surface area contributed by atoms with Crippen LogP contribution in [-0.4, -0.2) is 21.0 Å². The highest BCUT2D eigenvalue weighted by Gasteiger charge is 2.16. The number of carbonyl (C=O) groups excluding carboxylic acids is 1. The summed E-state index contributed by atoms with van der Waals surface area (Å²) in [6, 6.07) is 7.27. The summed E-state index contributed by atoms with van der Waals surface area (Å²) in [6.45, 7) is 1.75. The zero-order valence-corrected chi connectivity index (χ0v) is 13.6. The average molecular weight is 342 g/mol. The van der Waals surface area contributed by atoms with Gasteiger partial charge in [-0.15, -0.1) is 22.7 Å². The molecule has 4 aromatic rings. The molecule has 1 N–H and O–H groups in total. The number of anilines is 1. The molecule has 0 spiro atoms. The van der Waals surface area contributed by atoms with Crippen LogP contribution in [0.5, 0.6) is 0 Å². The van der Waals surface area contributed by atoms with Crippen molar-refractivity contribution >= 4 is 44.5 Å². The standard InChI is InChI=1S/C15H10N4O2S2/c1-8-17-15(21-19-8)13-11(4-5-22-13)18-14(20)9-2-3-10-12(6-9)23-7-16-10/h2-7H,1H3,(H,18,20). The average Bonchev–Trinajstić information content (AvgIpc) is 3.26. The molecule has 0 aliphatic rings. The van der Waals surface area contributed by atoms with Crippen LogP contribution in [0.15, 0.2) is 39.7 Å². The van der Waals surface area contributed by atoms with E-state index in [1.54, 1.807) is 18.5 Å². The minimum Gasteiger partial charge on any atom is -0.333 e. The molecule has 0 aliphatic heterocycles. The number of hydrogen-bond acceptors (Lipinski definition) is 7. The maximum Gasteiger partial charge on any atom is 0.270 e. The Morgan fingerprint density at radius 1 is 1.26 bits per heavy atom. The first-order chi connectivity index (χ1) is 11.2. The predicted molar refractivity (Wildman–Crippen MR) is 89.9 cm³/mol. The fourth-order valence-corrected chi connectivity index (χ4v) is 3.64. The van der Waals surface area contributed by atoms with Crippen LogP contribution in [0.1, 0.15) is 16.2 Å². The highest BCUT2D eigenvalue weighted by Crippen LogP contribution is 2.33. The first-order valence-electron chi connectivity index (χ1n) is 6.73. The fourth-order valence-electron chi connectivity index (χ4n) is 2.15. The van der Waals surface area contributed by atoms with Gasteiger partial charge in [-0.25, -0.2) is 4.98 Å². The van der Waals surface area contributed by atoms with Gasteiger partial charge < -0.3 is 9.84 Å². The Labute approximate surface area is 138 Å². The number of nitrogens with zero attached hydrogens (tertiary/aromatic N) is 3. The Bertz CT molecular complexity index is 1000. The van der Waals surface area contributed by atoms with Gasteiger partial charge in [0, 0.05) is 5.56 Å². The minimum atomic E-state index is -0.184. The van der Waals surface area contributed by atoms with Crippen LogP contribution in [0.25, 0.3) is 21.0 Å². The Morgan fingerprint density at radius 3 is 3.00 bits per heavy atom. The summed E-state index contributed by atoms with van der Waals surface area (Å²) in [5.74, 6) is 0.781. The van der Waals surface area contributed by atoms with Gasteiger partial charge in [0.1, 0.15) is 4.88 Å². The predicted octanol–water partition coefficient (Wildman–Crippen LogP) is 3.97. The number of aromatic nitrogens is 3. The van der Waals surface area contributed by atoms with Crippen LogP contribution in [0.2, 0.25) is 0 Å². The van der Waals surface area contributed by atoms with Gasteiger partial charge in [-0.3, -0.25) is 4.79 Å². The first kappa shape index (κ1) is 14.0. The number of fused-ring (bicyclic) bond motifs is 1. The molecule has 6 nitrogen and oxygen atoms in total. The van der Waals surface area contributed by atoms with E-state index in [0.29, 0.717) is 23.0 Å². The van der Waals surface area contributed by atoms with Crippen molar-refractivity contribution in [2.45, 2.75) is 6.92 Å². The Morgan fingerprint density at radius 2 is 2.17 bits per heavy atom. The van der Waals surface area contributed by atoms with E-state index in [-0.39, 0.29) is 5.91 Å². The lowest BCUT2D eigenvalue weighted by atomic mass is 10.2. The third-order valence-electron chi connectivity index (χ3n) is 3.23. The molecule has 1 amide bonds. The molecule has 0 atom stereocenters. The van der Waals surface area contributed by atoms with E-state index in [9.17, 15) is 4.79 Å². The molecule has 3 aromatic heterocycles. The highest BCUT2D eigenvalue weighted by atomic mass is 32.1. The number of thiazole rings is 1. The smallest absolute Gasteiger partial charge is 0.270 e. The largest absolute Gasteiger partial charge is 0.333 e. The zero-order valence-electron chi connectivity index (χ0n) is 11.9. The minimum absolute atomic E-state index is 0.184. The van der Waals surface area contributed by atoms with Crippen molar-refractivity contribution in [3.05, 3.63) is 46.5 Å². The second kappa shape index (κ2) is 5.56. The van der Waals surface area contributed by atoms with Gasteiger partial charge >= 0.3 is 0 Å². The molecular formula is C15H10N4O2S2. The van der Waals surface area contributed by atoms with Gasteiger partial charge in [0.15, 0.2) is 5.82 Å². The maximum atomic E-state index is 12.5. The van der Waals surface area contributed by atoms with E-state index in [1.165, 1.54) is 22.7 Å². The summed E-state index contributed by atoms with van der Waals surface area (Å²) in [4.78, 5) is 21.6. The number of aryl methyl sites for hydroxylation is 1. The third-order valence-corrected chi connectivity index (χ3v) is 4.92. The van der Waals surface area contributed by atoms with Gasteiger partial charge in [-0.05, 0) is 36.6 Å². The number of nitrogens with one attached hydrogen (secondary N) is 1. The lowest BCUT2D eigenvalue weighted by Gasteiger charge is -2.04. The molecule has 3 heterocycles. The molecule has 0 saturated heterocycles. The molecule has 1 aromatic carbocycles. The van der Waals surface area contributed by atoms with Crippen molar-refractivity contribution in [2.75, 3.05) is 5.32 Å². The molecule has 0 saturated carbocycles. The summed E-state index contributed by atoms with van der Waals surface area (Å²) in [6.07, 6.45) is 0. The summed E-state index contributed by atoms with van der Waals surface area (Å²) >= 11 is 2.95. The molecule has 0 fully saturated rings. The van der Waals surface area contributed by atoms with Gasteiger partial charge in [0.25, 0.3) is 11.8 Å². The molecule has 114 valence electrons. The summed E-state index contributed by atoms with van der Waals surface area (Å²) in [5, 5.41) is 8.55. The first-order valence-corrected chi connectivity index (χ1v) is 8.49. The van der Waals surface area contributed by atoms with Crippen molar-refractivity contribution in [2.24, 2.45) is 0 Å². The normalized spacial score (nSPS) is 11.0. The highest BCUT2D eigenvalue weighted by molar-refractivity contribution is 7.16. The Balaban J connectivity index is 1.63. The van der Waals surface area contributed by atoms with Crippen LogP contribution in [0.3, 0.4) is 0 Å². The van der Waals surface area contributed by atoms with Crippen LogP contribution in [-0.2, 0) is 0 Å². The Hall–Kier alpha value is -2.58. The molecular weight excluding hydrogens is 332 g/mol. The second-order valence-electron chi connectivity index (χ2n) is 4.80. The van der Waals surface area contributed by atoms with Crippen molar-refractivity contribution in [1.82, 2.24) is 15.1 Å². The number of carbonyl (C=O) groups is 1. The number of rotatable bonds is 3. The van der Waals surface area contributed by atoms with E-state index in [1.807, 2.05) is 23.6 Å². The lowest BCUT2D eigenvalue weighted by Crippen LogP contribution is -2.11. The summed E-state index contributed by atoms with van der Waals surface area (Å²) in [5.41, 5.74) is 3.90. The summed E-state index contributed by atoms with van der Waals surface area (Å²) in [7, 11) is 0. The second-order valence-corrected chi connectivity index (χ2v) is 6.60. The maximum absolute atomic E-state index is 12.5. The Kier molecular flexibility index (Phi) is 3.40. The molecule has 8 heteroatoms. The molecule has 0 radical (unpaired) electrons. The van der Waals surface area contributed by atoms with Crippen molar-refractivity contribution in [1.29, 1.82) is 0 Å². The number of amides is 1. The van der Waals surface area contributed by atoms with Crippen molar-refractivity contribution in [3.8, 4) is 10.8 Å². The van der Waals surface area contributed by atoms with Crippen molar-refractivity contribution in [3.63, 3.8) is 0 Å². The summed E-state index contributed by atoms with van der Waals surface area (Å²) < 4.78 is 6.16. The third kappa shape index (κ3) is 2.62. The molecule has 23 heavy (non-hydrogen) atoms. The quantitative estimate of drug-likeness (QED) is 0.609. The fraction of sp³-hybridized carbons (Fsp3) is 0.0667. The monoisotopic (exact) mass is 342 g/mol. The topological polar surface area (TPSA) is 80.9 Å². The van der Waals surface area contributed by atoms with E-state index in [0.717, 1.165) is 15.1 Å². The van der Waals surface area contributed by atoms with Crippen molar-refractivity contribution < 1.29 is 9.32 Å². The zero-order chi connectivity index (χ0) is 15.8. The van der Waals surface area contributed by atoms with Crippen LogP contribution < -0.4 is 5.32 Å². The van der Waals surface area contributed by atoms with Gasteiger partial charge in [0.05, 0.1) is 21.4 Å². The lowest BCUT2D eigenvalue weighted by molar-refractivity contribution is 0.102. The van der Waals surface area contributed by atoms with Gasteiger partial charge in [0.2, 0.25) is 0 Å². The number of thiophene rings is 1. The van der Waals surface area contributed by atoms with E-state index in [2.05, 4.69) is 20.4 Å². The van der Waals surface area contributed by atoms with Gasteiger partial charge in [-0.2, -0.15) is 4.98 Å².